The van der Waals surface area contributed by atoms with Crippen LogP contribution in [0.15, 0.2) is 22.7 Å². The number of carboxylic acid groups (broad SMARTS) is 1. The molecule has 0 aliphatic carbocycles. The first-order valence-corrected chi connectivity index (χ1v) is 6.60. The smallest absolute Gasteiger partial charge is 0.311 e. The van der Waals surface area contributed by atoms with Crippen molar-refractivity contribution >= 4 is 27.8 Å². The molecule has 1 saturated heterocycles. The fourth-order valence-electron chi connectivity index (χ4n) is 2.14. The molecular formula is C13H13BrFNO3. The molecule has 0 radical (unpaired) electrons. The van der Waals surface area contributed by atoms with Crippen molar-refractivity contribution in [2.45, 2.75) is 13.3 Å². The molecule has 1 atom stereocenters. The minimum atomic E-state index is -0.902. The average molecular weight is 330 g/mol. The molecular weight excluding hydrogens is 317 g/mol. The SMILES string of the molecule is CC1(C(=O)O)CCN(C(=O)c2ccc(F)cc2Br)C1. The van der Waals surface area contributed by atoms with Crippen molar-refractivity contribution in [3.63, 3.8) is 0 Å². The number of amides is 1. The molecule has 102 valence electrons. The number of carboxylic acids is 1. The van der Waals surface area contributed by atoms with Crippen LogP contribution in [0.5, 0.6) is 0 Å². The highest BCUT2D eigenvalue weighted by Gasteiger charge is 2.42. The average Bonchev–Trinajstić information content (AvgIpc) is 2.73. The van der Waals surface area contributed by atoms with Crippen molar-refractivity contribution in [1.82, 2.24) is 4.90 Å². The lowest BCUT2D eigenvalue weighted by atomic mass is 9.90. The van der Waals surface area contributed by atoms with Gasteiger partial charge in [-0.3, -0.25) is 9.59 Å². The second-order valence-electron chi connectivity index (χ2n) is 4.97. The molecule has 1 unspecified atom stereocenters. The molecule has 2 rings (SSSR count). The van der Waals surface area contributed by atoms with Crippen LogP contribution in [-0.4, -0.2) is 35.0 Å². The number of likely N-dealkylation sites (tertiary alicyclic amines) is 1. The van der Waals surface area contributed by atoms with Crippen LogP contribution in [-0.2, 0) is 4.79 Å². The maximum Gasteiger partial charge on any atom is 0.311 e. The van der Waals surface area contributed by atoms with Crippen LogP contribution < -0.4 is 0 Å². The van der Waals surface area contributed by atoms with Gasteiger partial charge < -0.3 is 10.0 Å². The van der Waals surface area contributed by atoms with E-state index in [1.54, 1.807) is 6.92 Å². The predicted octanol–water partition coefficient (Wildman–Crippen LogP) is 2.53. The van der Waals surface area contributed by atoms with Gasteiger partial charge in [-0.15, -0.1) is 0 Å². The number of aliphatic carboxylic acids is 1. The molecule has 1 aliphatic heterocycles. The van der Waals surface area contributed by atoms with E-state index >= 15 is 0 Å². The minimum Gasteiger partial charge on any atom is -0.481 e. The number of rotatable bonds is 2. The highest BCUT2D eigenvalue weighted by atomic mass is 79.9. The summed E-state index contributed by atoms with van der Waals surface area (Å²) in [6, 6.07) is 3.84. The van der Waals surface area contributed by atoms with Gasteiger partial charge in [-0.05, 0) is 47.5 Å². The largest absolute Gasteiger partial charge is 0.481 e. The van der Waals surface area contributed by atoms with Gasteiger partial charge in [-0.1, -0.05) is 0 Å². The number of nitrogens with zero attached hydrogens (tertiary/aromatic N) is 1. The fraction of sp³-hybridized carbons (Fsp3) is 0.385. The summed E-state index contributed by atoms with van der Waals surface area (Å²) in [6.45, 7) is 2.19. The Balaban J connectivity index is 2.20. The fourth-order valence-corrected chi connectivity index (χ4v) is 2.66. The van der Waals surface area contributed by atoms with Crippen LogP contribution in [0.2, 0.25) is 0 Å². The molecule has 1 aliphatic rings. The first-order chi connectivity index (χ1) is 8.83. The first-order valence-electron chi connectivity index (χ1n) is 5.81. The molecule has 0 aromatic heterocycles. The summed E-state index contributed by atoms with van der Waals surface area (Å²) in [6.07, 6.45) is 0.423. The number of hydrogen-bond acceptors (Lipinski definition) is 2. The zero-order valence-electron chi connectivity index (χ0n) is 10.3. The summed E-state index contributed by atoms with van der Waals surface area (Å²) in [7, 11) is 0. The quantitative estimate of drug-likeness (QED) is 0.907. The van der Waals surface area contributed by atoms with E-state index in [0.717, 1.165) is 0 Å². The zero-order valence-corrected chi connectivity index (χ0v) is 11.9. The molecule has 1 fully saturated rings. The molecule has 1 amide bonds. The third-order valence-corrected chi connectivity index (χ3v) is 4.09. The van der Waals surface area contributed by atoms with Crippen molar-refractivity contribution in [3.8, 4) is 0 Å². The Morgan fingerprint density at radius 3 is 2.68 bits per heavy atom. The molecule has 0 saturated carbocycles. The summed E-state index contributed by atoms with van der Waals surface area (Å²) < 4.78 is 13.4. The second kappa shape index (κ2) is 4.92. The van der Waals surface area contributed by atoms with Gasteiger partial charge in [0.1, 0.15) is 5.82 Å². The molecule has 1 aromatic carbocycles. The Morgan fingerprint density at radius 2 is 2.16 bits per heavy atom. The summed E-state index contributed by atoms with van der Waals surface area (Å²) >= 11 is 3.15. The van der Waals surface area contributed by atoms with Crippen LogP contribution in [0.4, 0.5) is 4.39 Å². The van der Waals surface area contributed by atoms with E-state index in [1.807, 2.05) is 0 Å². The van der Waals surface area contributed by atoms with Crippen molar-refractivity contribution in [2.75, 3.05) is 13.1 Å². The Morgan fingerprint density at radius 1 is 1.47 bits per heavy atom. The maximum absolute atomic E-state index is 13.0. The minimum absolute atomic E-state index is 0.172. The lowest BCUT2D eigenvalue weighted by Gasteiger charge is -2.20. The van der Waals surface area contributed by atoms with E-state index < -0.39 is 17.2 Å². The zero-order chi connectivity index (χ0) is 14.2. The van der Waals surface area contributed by atoms with Gasteiger partial charge >= 0.3 is 5.97 Å². The van der Waals surface area contributed by atoms with E-state index in [2.05, 4.69) is 15.9 Å². The summed E-state index contributed by atoms with van der Waals surface area (Å²) in [5.74, 6) is -1.61. The third-order valence-electron chi connectivity index (χ3n) is 3.44. The van der Waals surface area contributed by atoms with Gasteiger partial charge in [0.2, 0.25) is 0 Å². The Hall–Kier alpha value is -1.43. The first kappa shape index (κ1) is 14.0. The molecule has 6 heteroatoms. The van der Waals surface area contributed by atoms with Crippen molar-refractivity contribution < 1.29 is 19.1 Å². The maximum atomic E-state index is 13.0. The summed E-state index contributed by atoms with van der Waals surface area (Å²) in [5.41, 5.74) is -0.557. The van der Waals surface area contributed by atoms with E-state index in [-0.39, 0.29) is 12.5 Å². The Kier molecular flexibility index (Phi) is 3.62. The van der Waals surface area contributed by atoms with Crippen molar-refractivity contribution in [1.29, 1.82) is 0 Å². The van der Waals surface area contributed by atoms with E-state index in [9.17, 15) is 14.0 Å². The summed E-state index contributed by atoms with van der Waals surface area (Å²) in [5, 5.41) is 9.14. The number of halogens is 2. The van der Waals surface area contributed by atoms with Crippen molar-refractivity contribution in [3.05, 3.63) is 34.1 Å². The molecule has 4 nitrogen and oxygen atoms in total. The summed E-state index contributed by atoms with van der Waals surface area (Å²) in [4.78, 5) is 24.9. The topological polar surface area (TPSA) is 57.6 Å². The van der Waals surface area contributed by atoms with E-state index in [4.69, 9.17) is 5.11 Å². The van der Waals surface area contributed by atoms with Gasteiger partial charge in [0, 0.05) is 17.6 Å². The van der Waals surface area contributed by atoms with Gasteiger partial charge in [-0.25, -0.2) is 4.39 Å². The predicted molar refractivity (Wildman–Crippen MR) is 70.4 cm³/mol. The number of carbonyl (C=O) groups is 2. The normalized spacial score (nSPS) is 22.6. The monoisotopic (exact) mass is 329 g/mol. The number of carbonyl (C=O) groups excluding carboxylic acids is 1. The second-order valence-corrected chi connectivity index (χ2v) is 5.82. The molecule has 1 heterocycles. The third kappa shape index (κ3) is 2.63. The van der Waals surface area contributed by atoms with Crippen LogP contribution in [0, 0.1) is 11.2 Å². The van der Waals surface area contributed by atoms with Gasteiger partial charge in [-0.2, -0.15) is 0 Å². The lowest BCUT2D eigenvalue weighted by Crippen LogP contribution is -2.35. The number of hydrogen-bond donors (Lipinski definition) is 1. The molecule has 1 N–H and O–H groups in total. The molecule has 0 bridgehead atoms. The van der Waals surface area contributed by atoms with E-state index in [1.165, 1.54) is 23.1 Å². The molecule has 0 spiro atoms. The van der Waals surface area contributed by atoms with Crippen LogP contribution in [0.3, 0.4) is 0 Å². The van der Waals surface area contributed by atoms with E-state index in [0.29, 0.717) is 23.0 Å². The van der Waals surface area contributed by atoms with Gasteiger partial charge in [0.05, 0.1) is 11.0 Å². The van der Waals surface area contributed by atoms with Crippen molar-refractivity contribution in [2.24, 2.45) is 5.41 Å². The van der Waals surface area contributed by atoms with Gasteiger partial charge in [0.25, 0.3) is 5.91 Å². The Bertz CT molecular complexity index is 549. The Labute approximate surface area is 118 Å². The highest BCUT2D eigenvalue weighted by molar-refractivity contribution is 9.10. The molecule has 19 heavy (non-hydrogen) atoms. The number of benzene rings is 1. The lowest BCUT2D eigenvalue weighted by molar-refractivity contribution is -0.147. The van der Waals surface area contributed by atoms with Gasteiger partial charge in [0.15, 0.2) is 0 Å². The van der Waals surface area contributed by atoms with Crippen LogP contribution in [0.1, 0.15) is 23.7 Å². The standard InChI is InChI=1S/C13H13BrFNO3/c1-13(12(18)19)4-5-16(7-13)11(17)9-3-2-8(15)6-10(9)14/h2-3,6H,4-5,7H2,1H3,(H,18,19). The highest BCUT2D eigenvalue weighted by Crippen LogP contribution is 2.32. The van der Waals surface area contributed by atoms with Crippen LogP contribution in [0.25, 0.3) is 0 Å². The molecule has 1 aromatic rings. The van der Waals surface area contributed by atoms with Crippen LogP contribution >= 0.6 is 15.9 Å².